The number of nitriles is 1. The molecule has 2 aliphatic carbocycles. The largest absolute Gasteiger partial charge is 0.370 e. The smallest absolute Gasteiger partial charge is 0.231 e. The summed E-state index contributed by atoms with van der Waals surface area (Å²) in [5.74, 6) is 2.00. The minimum Gasteiger partial charge on any atom is -0.370 e. The molecule has 0 saturated heterocycles. The van der Waals surface area contributed by atoms with Crippen LogP contribution in [0.25, 0.3) is 0 Å². The first-order valence-corrected chi connectivity index (χ1v) is 7.73. The molecule has 3 rings (SSSR count). The van der Waals surface area contributed by atoms with Crippen LogP contribution in [0.15, 0.2) is 4.52 Å². The molecule has 1 aromatic heterocycles. The first kappa shape index (κ1) is 14.5. The summed E-state index contributed by atoms with van der Waals surface area (Å²) in [4.78, 5) is 4.60. The Morgan fingerprint density at radius 2 is 2.00 bits per heavy atom. The van der Waals surface area contributed by atoms with Gasteiger partial charge in [-0.15, -0.1) is 0 Å². The van der Waals surface area contributed by atoms with Crippen molar-refractivity contribution in [3.05, 3.63) is 11.7 Å². The van der Waals surface area contributed by atoms with Crippen molar-refractivity contribution in [3.8, 4) is 6.07 Å². The van der Waals surface area contributed by atoms with Gasteiger partial charge in [0.2, 0.25) is 11.7 Å². The lowest BCUT2D eigenvalue weighted by molar-refractivity contribution is -0.0609. The molecule has 0 spiro atoms. The molecular weight excluding hydrogens is 266 g/mol. The summed E-state index contributed by atoms with van der Waals surface area (Å²) < 4.78 is 11.3. The molecule has 2 unspecified atom stereocenters. The van der Waals surface area contributed by atoms with Crippen LogP contribution < -0.4 is 0 Å². The van der Waals surface area contributed by atoms with Gasteiger partial charge in [0.25, 0.3) is 0 Å². The van der Waals surface area contributed by atoms with E-state index in [1.165, 1.54) is 0 Å². The zero-order valence-electron chi connectivity index (χ0n) is 13.2. The summed E-state index contributed by atoms with van der Waals surface area (Å²) >= 11 is 0. The van der Waals surface area contributed by atoms with Gasteiger partial charge in [0, 0.05) is 7.11 Å². The second-order valence-corrected chi connectivity index (χ2v) is 7.24. The lowest BCUT2D eigenvalue weighted by atomic mass is 9.79. The zero-order valence-corrected chi connectivity index (χ0v) is 13.2. The topological polar surface area (TPSA) is 71.9 Å². The first-order chi connectivity index (χ1) is 9.94. The van der Waals surface area contributed by atoms with Crippen LogP contribution in [0.5, 0.6) is 0 Å². The fourth-order valence-electron chi connectivity index (χ4n) is 3.63. The molecule has 5 nitrogen and oxygen atoms in total. The van der Waals surface area contributed by atoms with Crippen LogP contribution in [-0.4, -0.2) is 17.3 Å². The summed E-state index contributed by atoms with van der Waals surface area (Å²) in [6, 6.07) is 2.34. The van der Waals surface area contributed by atoms with Gasteiger partial charge in [-0.1, -0.05) is 25.9 Å². The molecule has 0 N–H and O–H groups in total. The van der Waals surface area contributed by atoms with Crippen molar-refractivity contribution < 1.29 is 9.26 Å². The van der Waals surface area contributed by atoms with Crippen molar-refractivity contribution >= 4 is 0 Å². The standard InChI is InChI=1S/C16H23N3O2/c1-10-5-7-16(20-4,8-6-10)14-18-13(21-19-14)12-11(9-17)15(12,2)3/h10-12H,5-8H2,1-4H3. The van der Waals surface area contributed by atoms with Crippen LogP contribution in [0.1, 0.15) is 64.1 Å². The van der Waals surface area contributed by atoms with Gasteiger partial charge >= 0.3 is 0 Å². The number of rotatable bonds is 3. The number of ether oxygens (including phenoxy) is 1. The van der Waals surface area contributed by atoms with Gasteiger partial charge in [0.1, 0.15) is 5.60 Å². The summed E-state index contributed by atoms with van der Waals surface area (Å²) in [5.41, 5.74) is -0.477. The first-order valence-electron chi connectivity index (χ1n) is 7.73. The van der Waals surface area contributed by atoms with Gasteiger partial charge in [-0.05, 0) is 37.0 Å². The lowest BCUT2D eigenvalue weighted by Crippen LogP contribution is -2.34. The van der Waals surface area contributed by atoms with Crippen molar-refractivity contribution in [3.63, 3.8) is 0 Å². The van der Waals surface area contributed by atoms with Crippen LogP contribution in [0.3, 0.4) is 0 Å². The molecule has 0 amide bonds. The highest BCUT2D eigenvalue weighted by Gasteiger charge is 2.62. The highest BCUT2D eigenvalue weighted by atomic mass is 16.5. The van der Waals surface area contributed by atoms with E-state index < -0.39 is 5.60 Å². The number of hydrogen-bond donors (Lipinski definition) is 0. The van der Waals surface area contributed by atoms with E-state index in [0.29, 0.717) is 11.7 Å². The summed E-state index contributed by atoms with van der Waals surface area (Å²) in [7, 11) is 1.73. The predicted molar refractivity (Wildman–Crippen MR) is 76.2 cm³/mol. The van der Waals surface area contributed by atoms with Crippen LogP contribution >= 0.6 is 0 Å². The summed E-state index contributed by atoms with van der Waals surface area (Å²) in [6.45, 7) is 6.42. The Hall–Kier alpha value is -1.41. The van der Waals surface area contributed by atoms with Crippen molar-refractivity contribution in [2.24, 2.45) is 17.3 Å². The molecule has 1 aromatic rings. The third-order valence-corrected chi connectivity index (χ3v) is 5.55. The quantitative estimate of drug-likeness (QED) is 0.853. The average molecular weight is 289 g/mol. The van der Waals surface area contributed by atoms with E-state index in [4.69, 9.17) is 9.26 Å². The maximum absolute atomic E-state index is 9.19. The molecule has 0 bridgehead atoms. The van der Waals surface area contributed by atoms with E-state index in [9.17, 15) is 5.26 Å². The summed E-state index contributed by atoms with van der Waals surface area (Å²) in [6.07, 6.45) is 4.10. The molecule has 0 aromatic carbocycles. The lowest BCUT2D eigenvalue weighted by Gasteiger charge is -2.35. The van der Waals surface area contributed by atoms with E-state index in [0.717, 1.165) is 31.6 Å². The Morgan fingerprint density at radius 3 is 2.52 bits per heavy atom. The molecule has 1 heterocycles. The Morgan fingerprint density at radius 1 is 1.33 bits per heavy atom. The van der Waals surface area contributed by atoms with Crippen LogP contribution in [-0.2, 0) is 10.3 Å². The maximum atomic E-state index is 9.19. The molecule has 2 atom stereocenters. The molecule has 0 radical (unpaired) electrons. The second-order valence-electron chi connectivity index (χ2n) is 7.24. The molecular formula is C16H23N3O2. The minimum atomic E-state index is -0.407. The van der Waals surface area contributed by atoms with Crippen molar-refractivity contribution in [1.82, 2.24) is 10.1 Å². The molecule has 21 heavy (non-hydrogen) atoms. The molecule has 2 fully saturated rings. The Labute approximate surface area is 125 Å². The zero-order chi connectivity index (χ0) is 15.3. The highest BCUT2D eigenvalue weighted by molar-refractivity contribution is 5.26. The molecule has 114 valence electrons. The van der Waals surface area contributed by atoms with E-state index in [1.54, 1.807) is 7.11 Å². The van der Waals surface area contributed by atoms with Gasteiger partial charge in [0.15, 0.2) is 0 Å². The molecule has 0 aliphatic heterocycles. The fourth-order valence-corrected chi connectivity index (χ4v) is 3.63. The minimum absolute atomic E-state index is 0.0318. The summed E-state index contributed by atoms with van der Waals surface area (Å²) in [5, 5.41) is 13.4. The number of methoxy groups -OCH3 is 1. The van der Waals surface area contributed by atoms with Crippen molar-refractivity contribution in [2.75, 3.05) is 7.11 Å². The van der Waals surface area contributed by atoms with Gasteiger partial charge in [-0.3, -0.25) is 0 Å². The second kappa shape index (κ2) is 4.81. The molecule has 2 aliphatic rings. The van der Waals surface area contributed by atoms with Crippen molar-refractivity contribution in [1.29, 1.82) is 5.26 Å². The Kier molecular flexibility index (Phi) is 3.32. The van der Waals surface area contributed by atoms with E-state index >= 15 is 0 Å². The van der Waals surface area contributed by atoms with Crippen LogP contribution in [0, 0.1) is 28.6 Å². The SMILES string of the molecule is COC1(c2noc(C3C(C#N)C3(C)C)n2)CCC(C)CC1. The van der Waals surface area contributed by atoms with E-state index in [-0.39, 0.29) is 17.3 Å². The van der Waals surface area contributed by atoms with E-state index in [2.05, 4.69) is 37.0 Å². The van der Waals surface area contributed by atoms with Gasteiger partial charge in [-0.25, -0.2) is 0 Å². The average Bonchev–Trinajstić information content (AvgIpc) is 2.83. The Balaban J connectivity index is 1.84. The molecule has 5 heteroatoms. The number of hydrogen-bond acceptors (Lipinski definition) is 5. The normalized spacial score (nSPS) is 38.0. The van der Waals surface area contributed by atoms with Gasteiger partial charge in [0.05, 0.1) is 17.9 Å². The van der Waals surface area contributed by atoms with E-state index in [1.807, 2.05) is 0 Å². The fraction of sp³-hybridized carbons (Fsp3) is 0.812. The van der Waals surface area contributed by atoms with Crippen LogP contribution in [0.4, 0.5) is 0 Å². The highest BCUT2D eigenvalue weighted by Crippen LogP contribution is 2.63. The number of nitrogens with zero attached hydrogens (tertiary/aromatic N) is 3. The van der Waals surface area contributed by atoms with Crippen LogP contribution in [0.2, 0.25) is 0 Å². The number of aromatic nitrogens is 2. The maximum Gasteiger partial charge on any atom is 0.231 e. The monoisotopic (exact) mass is 289 g/mol. The predicted octanol–water partition coefficient (Wildman–Crippen LogP) is 3.38. The van der Waals surface area contributed by atoms with Gasteiger partial charge in [-0.2, -0.15) is 10.2 Å². The molecule has 2 saturated carbocycles. The third-order valence-electron chi connectivity index (χ3n) is 5.55. The third kappa shape index (κ3) is 2.17. The van der Waals surface area contributed by atoms with Crippen molar-refractivity contribution in [2.45, 2.75) is 58.0 Å². The Bertz CT molecular complexity index is 564. The van der Waals surface area contributed by atoms with Gasteiger partial charge < -0.3 is 9.26 Å².